The van der Waals surface area contributed by atoms with Crippen molar-refractivity contribution in [2.75, 3.05) is 0 Å². The molecule has 0 bridgehead atoms. The fraction of sp³-hybridized carbons (Fsp3) is 0.417. The lowest BCUT2D eigenvalue weighted by molar-refractivity contribution is 0.660. The van der Waals surface area contributed by atoms with Crippen molar-refractivity contribution in [1.82, 2.24) is 19.7 Å². The maximum Gasteiger partial charge on any atom is 0.133 e. The van der Waals surface area contributed by atoms with Crippen LogP contribution in [0.3, 0.4) is 0 Å². The quantitative estimate of drug-likeness (QED) is 0.817. The monoisotopic (exact) mass is 292 g/mol. The van der Waals surface area contributed by atoms with Crippen LogP contribution in [0.25, 0.3) is 11.3 Å². The topological polar surface area (TPSA) is 43.6 Å². The molecule has 0 aliphatic heterocycles. The summed E-state index contributed by atoms with van der Waals surface area (Å²) in [5.41, 5.74) is 2.00. The third kappa shape index (κ3) is 2.24. The lowest BCUT2D eigenvalue weighted by Gasteiger charge is -2.02. The number of rotatable bonds is 3. The van der Waals surface area contributed by atoms with Crippen LogP contribution in [0, 0.1) is 0 Å². The van der Waals surface area contributed by atoms with Crippen LogP contribution in [-0.2, 0) is 6.54 Å². The fourth-order valence-corrected chi connectivity index (χ4v) is 2.17. The van der Waals surface area contributed by atoms with Crippen LogP contribution < -0.4 is 0 Å². The minimum Gasteiger partial charge on any atom is -0.272 e. The van der Waals surface area contributed by atoms with Gasteiger partial charge in [0.05, 0.1) is 11.9 Å². The average Bonchev–Trinajstić information content (AvgIpc) is 3.06. The summed E-state index contributed by atoms with van der Waals surface area (Å²) in [6, 6.07) is 1.95. The molecule has 2 aromatic rings. The van der Waals surface area contributed by atoms with Crippen LogP contribution in [0.4, 0.5) is 0 Å². The molecule has 1 aliphatic carbocycles. The predicted molar refractivity (Wildman–Crippen MR) is 68.6 cm³/mol. The molecular formula is C12H13BrN4. The molecular weight excluding hydrogens is 280 g/mol. The van der Waals surface area contributed by atoms with E-state index in [1.165, 1.54) is 12.8 Å². The molecule has 1 fully saturated rings. The highest BCUT2D eigenvalue weighted by Crippen LogP contribution is 2.39. The number of nitrogens with zero attached hydrogens (tertiary/aromatic N) is 4. The number of hydrogen-bond acceptors (Lipinski definition) is 3. The van der Waals surface area contributed by atoms with Crippen LogP contribution in [0.2, 0.25) is 0 Å². The third-order valence-corrected chi connectivity index (χ3v) is 3.31. The second-order valence-corrected chi connectivity index (χ2v) is 5.11. The summed E-state index contributed by atoms with van der Waals surface area (Å²) in [4.78, 5) is 9.05. The molecule has 0 atom stereocenters. The molecule has 0 N–H and O–H groups in total. The van der Waals surface area contributed by atoms with Crippen molar-refractivity contribution in [1.29, 1.82) is 0 Å². The van der Waals surface area contributed by atoms with E-state index in [-0.39, 0.29) is 0 Å². The van der Waals surface area contributed by atoms with Gasteiger partial charge in [0, 0.05) is 24.2 Å². The molecule has 0 saturated heterocycles. The van der Waals surface area contributed by atoms with Crippen LogP contribution in [0.1, 0.15) is 31.5 Å². The molecule has 17 heavy (non-hydrogen) atoms. The molecule has 0 aromatic carbocycles. The first-order valence-electron chi connectivity index (χ1n) is 5.83. The van der Waals surface area contributed by atoms with E-state index in [4.69, 9.17) is 0 Å². The van der Waals surface area contributed by atoms with Crippen molar-refractivity contribution in [3.05, 3.63) is 28.9 Å². The SMILES string of the molecule is CCn1cc(-c2cc(Br)nc(C3CC3)n2)cn1. The maximum atomic E-state index is 4.62. The van der Waals surface area contributed by atoms with Gasteiger partial charge in [0.1, 0.15) is 10.4 Å². The molecule has 2 heterocycles. The Bertz CT molecular complexity index is 545. The van der Waals surface area contributed by atoms with Gasteiger partial charge in [-0.15, -0.1) is 0 Å². The molecule has 5 heteroatoms. The minimum atomic E-state index is 0.562. The van der Waals surface area contributed by atoms with Crippen molar-refractivity contribution in [2.45, 2.75) is 32.2 Å². The largest absolute Gasteiger partial charge is 0.272 e. The Morgan fingerprint density at radius 3 is 2.88 bits per heavy atom. The van der Waals surface area contributed by atoms with Crippen molar-refractivity contribution in [3.8, 4) is 11.3 Å². The molecule has 0 radical (unpaired) electrons. The van der Waals surface area contributed by atoms with Crippen molar-refractivity contribution in [2.24, 2.45) is 0 Å². The molecule has 0 unspecified atom stereocenters. The van der Waals surface area contributed by atoms with Gasteiger partial charge in [-0.25, -0.2) is 9.97 Å². The Labute approximate surface area is 108 Å². The van der Waals surface area contributed by atoms with E-state index >= 15 is 0 Å². The summed E-state index contributed by atoms with van der Waals surface area (Å²) in [6.07, 6.45) is 6.30. The Hall–Kier alpha value is -1.23. The number of hydrogen-bond donors (Lipinski definition) is 0. The highest BCUT2D eigenvalue weighted by atomic mass is 79.9. The highest BCUT2D eigenvalue weighted by molar-refractivity contribution is 9.10. The molecule has 0 amide bonds. The Balaban J connectivity index is 2.01. The third-order valence-electron chi connectivity index (χ3n) is 2.91. The molecule has 4 nitrogen and oxygen atoms in total. The lowest BCUT2D eigenvalue weighted by Crippen LogP contribution is -1.95. The number of aromatic nitrogens is 4. The summed E-state index contributed by atoms with van der Waals surface area (Å²) < 4.78 is 2.76. The van der Waals surface area contributed by atoms with Gasteiger partial charge in [-0.2, -0.15) is 5.10 Å². The van der Waals surface area contributed by atoms with E-state index in [0.717, 1.165) is 28.2 Å². The molecule has 3 rings (SSSR count). The van der Waals surface area contributed by atoms with E-state index in [1.807, 2.05) is 23.1 Å². The predicted octanol–water partition coefficient (Wildman–Crippen LogP) is 3.00. The zero-order valence-electron chi connectivity index (χ0n) is 9.60. The van der Waals surface area contributed by atoms with Crippen molar-refractivity contribution < 1.29 is 0 Å². The Kier molecular flexibility index (Phi) is 2.70. The average molecular weight is 293 g/mol. The number of halogens is 1. The van der Waals surface area contributed by atoms with Gasteiger partial charge in [0.2, 0.25) is 0 Å². The molecule has 2 aromatic heterocycles. The van der Waals surface area contributed by atoms with E-state index in [2.05, 4.69) is 37.9 Å². The molecule has 88 valence electrons. The van der Waals surface area contributed by atoms with Gasteiger partial charge in [-0.05, 0) is 41.8 Å². The van der Waals surface area contributed by atoms with Crippen LogP contribution in [0.5, 0.6) is 0 Å². The van der Waals surface area contributed by atoms with Gasteiger partial charge in [-0.3, -0.25) is 4.68 Å². The summed E-state index contributed by atoms with van der Waals surface area (Å²) in [6.45, 7) is 2.95. The smallest absolute Gasteiger partial charge is 0.133 e. The summed E-state index contributed by atoms with van der Waals surface area (Å²) >= 11 is 3.45. The second kappa shape index (κ2) is 4.22. The standard InChI is InChI=1S/C12H13BrN4/c1-2-17-7-9(6-14-17)10-5-11(13)16-12(15-10)8-3-4-8/h5-8H,2-4H2,1H3. The maximum absolute atomic E-state index is 4.62. The summed E-state index contributed by atoms with van der Waals surface area (Å²) in [5, 5.41) is 4.27. The Morgan fingerprint density at radius 2 is 2.24 bits per heavy atom. The van der Waals surface area contributed by atoms with E-state index < -0.39 is 0 Å². The summed E-state index contributed by atoms with van der Waals surface area (Å²) in [7, 11) is 0. The fourth-order valence-electron chi connectivity index (χ4n) is 1.78. The molecule has 1 aliphatic rings. The van der Waals surface area contributed by atoms with Gasteiger partial charge in [0.15, 0.2) is 0 Å². The second-order valence-electron chi connectivity index (χ2n) is 4.29. The first-order valence-corrected chi connectivity index (χ1v) is 6.63. The summed E-state index contributed by atoms with van der Waals surface area (Å²) in [5.74, 6) is 1.52. The van der Waals surface area contributed by atoms with Crippen LogP contribution in [0.15, 0.2) is 23.1 Å². The Morgan fingerprint density at radius 1 is 1.41 bits per heavy atom. The van der Waals surface area contributed by atoms with E-state index in [9.17, 15) is 0 Å². The molecule has 0 spiro atoms. The van der Waals surface area contributed by atoms with E-state index in [0.29, 0.717) is 5.92 Å². The first kappa shape index (κ1) is 10.9. The molecule has 1 saturated carbocycles. The number of aryl methyl sites for hydroxylation is 1. The van der Waals surface area contributed by atoms with Gasteiger partial charge in [0.25, 0.3) is 0 Å². The van der Waals surface area contributed by atoms with Gasteiger partial charge in [-0.1, -0.05) is 0 Å². The van der Waals surface area contributed by atoms with Gasteiger partial charge >= 0.3 is 0 Å². The minimum absolute atomic E-state index is 0.562. The lowest BCUT2D eigenvalue weighted by atomic mass is 10.2. The van der Waals surface area contributed by atoms with Crippen LogP contribution >= 0.6 is 15.9 Å². The van der Waals surface area contributed by atoms with Crippen molar-refractivity contribution >= 4 is 15.9 Å². The van der Waals surface area contributed by atoms with E-state index in [1.54, 1.807) is 0 Å². The zero-order valence-corrected chi connectivity index (χ0v) is 11.2. The zero-order chi connectivity index (χ0) is 11.8. The van der Waals surface area contributed by atoms with Gasteiger partial charge < -0.3 is 0 Å². The first-order chi connectivity index (χ1) is 8.26. The van der Waals surface area contributed by atoms with Crippen molar-refractivity contribution in [3.63, 3.8) is 0 Å². The normalized spacial score (nSPS) is 15.2. The van der Waals surface area contributed by atoms with Crippen LogP contribution in [-0.4, -0.2) is 19.7 Å². The highest BCUT2D eigenvalue weighted by Gasteiger charge is 2.27.